The second-order valence-corrected chi connectivity index (χ2v) is 11.5. The average Bonchev–Trinajstić information content (AvgIpc) is 2.84. The molecule has 4 rings (SSSR count). The van der Waals surface area contributed by atoms with Crippen molar-refractivity contribution in [2.75, 3.05) is 14.1 Å². The Bertz CT molecular complexity index is 1330. The van der Waals surface area contributed by atoms with Gasteiger partial charge < -0.3 is 9.64 Å². The molecule has 0 aliphatic heterocycles. The van der Waals surface area contributed by atoms with Crippen LogP contribution in [0.4, 0.5) is 13.2 Å². The summed E-state index contributed by atoms with van der Waals surface area (Å²) in [6.07, 6.45) is 0.0864. The van der Waals surface area contributed by atoms with Gasteiger partial charge in [-0.25, -0.2) is 23.4 Å². The van der Waals surface area contributed by atoms with E-state index in [0.717, 1.165) is 6.07 Å². The Kier molecular flexibility index (Phi) is 7.84. The summed E-state index contributed by atoms with van der Waals surface area (Å²) in [6, 6.07) is 10.1. The number of likely N-dealkylation sites (N-methyl/N-ethyl adjacent to an activating group) is 1. The van der Waals surface area contributed by atoms with Crippen LogP contribution in [-0.2, 0) is 21.8 Å². The Balaban J connectivity index is 1.48. The number of sulfone groups is 1. The number of hydrogen-bond acceptors (Lipinski definition) is 7. The number of benzene rings is 1. The van der Waals surface area contributed by atoms with Crippen LogP contribution in [0.5, 0.6) is 5.88 Å². The molecule has 0 radical (unpaired) electrons. The van der Waals surface area contributed by atoms with Gasteiger partial charge in [-0.2, -0.15) is 13.2 Å². The van der Waals surface area contributed by atoms with Crippen molar-refractivity contribution in [2.24, 2.45) is 0 Å². The van der Waals surface area contributed by atoms with Crippen molar-refractivity contribution >= 4 is 9.84 Å². The van der Waals surface area contributed by atoms with Crippen LogP contribution in [0.25, 0.3) is 0 Å². The minimum absolute atomic E-state index is 0.0291. The molecule has 7 nitrogen and oxygen atoms in total. The number of alkyl halides is 3. The second-order valence-electron chi connectivity index (χ2n) is 9.51. The van der Waals surface area contributed by atoms with Gasteiger partial charge >= 0.3 is 6.18 Å². The molecule has 198 valence electrons. The monoisotopic (exact) mass is 534 g/mol. The van der Waals surface area contributed by atoms with E-state index in [1.165, 1.54) is 30.7 Å². The topological polar surface area (TPSA) is 85.3 Å². The predicted octanol–water partition coefficient (Wildman–Crippen LogP) is 4.82. The van der Waals surface area contributed by atoms with Gasteiger partial charge in [0.15, 0.2) is 9.84 Å². The van der Waals surface area contributed by atoms with Gasteiger partial charge in [-0.05, 0) is 70.0 Å². The lowest BCUT2D eigenvalue weighted by atomic mass is 9.79. The lowest BCUT2D eigenvalue weighted by Crippen LogP contribution is -2.46. The lowest BCUT2D eigenvalue weighted by Gasteiger charge is -2.39. The number of aryl methyl sites for hydroxylation is 1. The van der Waals surface area contributed by atoms with Crippen molar-refractivity contribution in [1.82, 2.24) is 19.9 Å². The zero-order valence-corrected chi connectivity index (χ0v) is 21.6. The smallest absolute Gasteiger partial charge is 0.416 e. The molecule has 1 saturated carbocycles. The Morgan fingerprint density at radius 3 is 2.54 bits per heavy atom. The lowest BCUT2D eigenvalue weighted by molar-refractivity contribution is -0.137. The van der Waals surface area contributed by atoms with Crippen molar-refractivity contribution in [1.29, 1.82) is 0 Å². The molecule has 37 heavy (non-hydrogen) atoms. The summed E-state index contributed by atoms with van der Waals surface area (Å²) >= 11 is 0. The van der Waals surface area contributed by atoms with E-state index in [9.17, 15) is 21.6 Å². The minimum atomic E-state index is -4.38. The molecular formula is C26H29F3N4O3S. The predicted molar refractivity (Wildman–Crippen MR) is 132 cm³/mol. The van der Waals surface area contributed by atoms with Gasteiger partial charge in [0, 0.05) is 18.3 Å². The first-order chi connectivity index (χ1) is 17.4. The van der Waals surface area contributed by atoms with Gasteiger partial charge in [0.25, 0.3) is 0 Å². The summed E-state index contributed by atoms with van der Waals surface area (Å²) < 4.78 is 71.6. The summed E-state index contributed by atoms with van der Waals surface area (Å²) in [6.45, 7) is 1.62. The van der Waals surface area contributed by atoms with E-state index in [-0.39, 0.29) is 28.7 Å². The maximum absolute atomic E-state index is 13.2. The number of hydrogen-bond donors (Lipinski definition) is 0. The molecule has 3 aromatic rings. The van der Waals surface area contributed by atoms with Crippen LogP contribution in [0.15, 0.2) is 59.9 Å². The molecule has 0 spiro atoms. The van der Waals surface area contributed by atoms with Crippen molar-refractivity contribution in [3.63, 3.8) is 0 Å². The molecule has 2 aromatic heterocycles. The molecule has 1 fully saturated rings. The summed E-state index contributed by atoms with van der Waals surface area (Å²) in [5.74, 6) is 0.0203. The standard InChI is InChI=1S/C26H29F3N4O3S/c1-17-24(37(34,35)15-21-11-12-30-16-31-21)9-10-25(32-17)36-23-8-7-19(14-22(23)33(2)3)18-5-4-6-20(13-18)26(27,28)29/h4-6,9-13,16,19,22-23H,7-8,14-15H2,1-3H3/t19-,22-,23-/m0/s1. The Morgan fingerprint density at radius 2 is 1.89 bits per heavy atom. The first-order valence-electron chi connectivity index (χ1n) is 11.9. The number of nitrogens with zero attached hydrogens (tertiary/aromatic N) is 4. The van der Waals surface area contributed by atoms with Crippen LogP contribution < -0.4 is 4.74 Å². The highest BCUT2D eigenvalue weighted by Gasteiger charge is 2.36. The van der Waals surface area contributed by atoms with Crippen LogP contribution in [0.1, 0.15) is 47.7 Å². The molecule has 11 heteroatoms. The highest BCUT2D eigenvalue weighted by Crippen LogP contribution is 2.38. The third kappa shape index (κ3) is 6.45. The minimum Gasteiger partial charge on any atom is -0.473 e. The number of pyridine rings is 1. The molecule has 3 atom stereocenters. The normalized spacial score (nSPS) is 20.7. The first kappa shape index (κ1) is 27.0. The maximum atomic E-state index is 13.2. The fourth-order valence-electron chi connectivity index (χ4n) is 4.82. The third-order valence-corrected chi connectivity index (χ3v) is 8.48. The molecule has 0 saturated heterocycles. The number of halogens is 3. The van der Waals surface area contributed by atoms with Gasteiger partial charge in [0.05, 0.1) is 27.6 Å². The quantitative estimate of drug-likeness (QED) is 0.430. The first-order valence-corrected chi connectivity index (χ1v) is 13.5. The summed E-state index contributed by atoms with van der Waals surface area (Å²) in [7, 11) is 0.161. The van der Waals surface area contributed by atoms with E-state index in [2.05, 4.69) is 15.0 Å². The van der Waals surface area contributed by atoms with E-state index in [0.29, 0.717) is 42.1 Å². The SMILES string of the molecule is Cc1nc(O[C@H]2CC[C@H](c3cccc(C(F)(F)F)c3)C[C@@H]2N(C)C)ccc1S(=O)(=O)Cc1ccncn1. The summed E-state index contributed by atoms with van der Waals surface area (Å²) in [4.78, 5) is 14.3. The molecule has 0 unspecified atom stereocenters. The Hall–Kier alpha value is -3.05. The van der Waals surface area contributed by atoms with Crippen LogP contribution in [-0.4, -0.2) is 54.5 Å². The number of ether oxygens (including phenoxy) is 1. The second kappa shape index (κ2) is 10.7. The third-order valence-electron chi connectivity index (χ3n) is 6.70. The van der Waals surface area contributed by atoms with Crippen LogP contribution in [0.2, 0.25) is 0 Å². The zero-order chi connectivity index (χ0) is 26.8. The average molecular weight is 535 g/mol. The fourth-order valence-corrected chi connectivity index (χ4v) is 6.31. The zero-order valence-electron chi connectivity index (χ0n) is 20.8. The van der Waals surface area contributed by atoms with Crippen molar-refractivity contribution < 1.29 is 26.3 Å². The molecule has 0 N–H and O–H groups in total. The highest BCUT2D eigenvalue weighted by atomic mass is 32.2. The Morgan fingerprint density at radius 1 is 1.11 bits per heavy atom. The van der Waals surface area contributed by atoms with Gasteiger partial charge in [-0.15, -0.1) is 0 Å². The van der Waals surface area contributed by atoms with Crippen LogP contribution >= 0.6 is 0 Å². The van der Waals surface area contributed by atoms with Crippen LogP contribution in [0.3, 0.4) is 0 Å². The molecular weight excluding hydrogens is 505 g/mol. The van der Waals surface area contributed by atoms with E-state index in [1.54, 1.807) is 25.1 Å². The van der Waals surface area contributed by atoms with Gasteiger partial charge in [-0.1, -0.05) is 18.2 Å². The maximum Gasteiger partial charge on any atom is 0.416 e. The summed E-state index contributed by atoms with van der Waals surface area (Å²) in [5.41, 5.74) is 0.748. The molecule has 0 amide bonds. The molecule has 1 aliphatic rings. The Labute approximate surface area is 214 Å². The van der Waals surface area contributed by atoms with Crippen molar-refractivity contribution in [2.45, 2.75) is 61.1 Å². The molecule has 1 aromatic carbocycles. The number of rotatable bonds is 7. The fraction of sp³-hybridized carbons (Fsp3) is 0.423. The number of aromatic nitrogens is 3. The van der Waals surface area contributed by atoms with E-state index >= 15 is 0 Å². The summed E-state index contributed by atoms with van der Waals surface area (Å²) in [5, 5.41) is 0. The van der Waals surface area contributed by atoms with Gasteiger partial charge in [-0.3, -0.25) is 0 Å². The van der Waals surface area contributed by atoms with E-state index in [1.807, 2.05) is 19.0 Å². The molecule has 1 aliphatic carbocycles. The van der Waals surface area contributed by atoms with Gasteiger partial charge in [0.1, 0.15) is 12.4 Å². The molecule has 0 bridgehead atoms. The van der Waals surface area contributed by atoms with Crippen LogP contribution in [0, 0.1) is 6.92 Å². The van der Waals surface area contributed by atoms with E-state index in [4.69, 9.17) is 4.74 Å². The van der Waals surface area contributed by atoms with Crippen molar-refractivity contribution in [3.8, 4) is 5.88 Å². The van der Waals surface area contributed by atoms with Gasteiger partial charge in [0.2, 0.25) is 5.88 Å². The largest absolute Gasteiger partial charge is 0.473 e. The van der Waals surface area contributed by atoms with Crippen molar-refractivity contribution in [3.05, 3.63) is 77.5 Å². The highest BCUT2D eigenvalue weighted by molar-refractivity contribution is 7.90. The molecule has 2 heterocycles. The van der Waals surface area contributed by atoms with E-state index < -0.39 is 21.6 Å².